The largest absolute Gasteiger partial charge is 0.459 e. The second-order valence-corrected chi connectivity index (χ2v) is 6.57. The highest BCUT2D eigenvalue weighted by molar-refractivity contribution is 7.80. The van der Waals surface area contributed by atoms with Crippen molar-refractivity contribution in [3.63, 3.8) is 0 Å². The Labute approximate surface area is 172 Å². The highest BCUT2D eigenvalue weighted by Gasteiger charge is 2.09. The fourth-order valence-corrected chi connectivity index (χ4v) is 2.42. The molecule has 0 spiro atoms. The van der Waals surface area contributed by atoms with Gasteiger partial charge in [0.25, 0.3) is 5.69 Å². The van der Waals surface area contributed by atoms with Gasteiger partial charge in [0.2, 0.25) is 5.91 Å². The van der Waals surface area contributed by atoms with E-state index < -0.39 is 16.8 Å². The van der Waals surface area contributed by atoms with E-state index in [1.54, 1.807) is 44.2 Å². The Morgan fingerprint density at radius 2 is 1.86 bits per heavy atom. The molecule has 0 saturated heterocycles. The van der Waals surface area contributed by atoms with E-state index in [0.29, 0.717) is 16.8 Å². The molecule has 0 aliphatic heterocycles. The van der Waals surface area contributed by atoms with Crippen LogP contribution in [0.25, 0.3) is 6.08 Å². The minimum Gasteiger partial charge on any atom is -0.459 e. The Bertz CT molecular complexity index is 955. The maximum Gasteiger partial charge on any atom is 0.338 e. The van der Waals surface area contributed by atoms with E-state index in [9.17, 15) is 19.7 Å². The molecule has 0 heterocycles. The summed E-state index contributed by atoms with van der Waals surface area (Å²) in [5.41, 5.74) is 1.43. The van der Waals surface area contributed by atoms with Gasteiger partial charge in [0, 0.05) is 23.9 Å². The molecular weight excluding hydrogens is 394 g/mol. The standard InChI is InChI=1S/C20H19N3O5S/c1-13(2)28-19(25)15-7-9-16(10-8-15)21-20(29)22-18(24)11-6-14-4-3-5-17(12-14)23(26)27/h3-13H,1-2H3,(H2,21,22,24,29)/b11-6+. The lowest BCUT2D eigenvalue weighted by molar-refractivity contribution is -0.384. The maximum absolute atomic E-state index is 12.0. The van der Waals surface area contributed by atoms with Crippen molar-refractivity contribution in [2.75, 3.05) is 5.32 Å². The van der Waals surface area contributed by atoms with Crippen LogP contribution in [0.15, 0.2) is 54.6 Å². The first-order valence-electron chi connectivity index (χ1n) is 8.60. The molecule has 2 N–H and O–H groups in total. The number of rotatable bonds is 6. The number of esters is 1. The number of anilines is 1. The molecule has 0 saturated carbocycles. The molecule has 9 heteroatoms. The third-order valence-corrected chi connectivity index (χ3v) is 3.67. The van der Waals surface area contributed by atoms with Crippen LogP contribution in [0.5, 0.6) is 0 Å². The van der Waals surface area contributed by atoms with Crippen LogP contribution in [0.2, 0.25) is 0 Å². The van der Waals surface area contributed by atoms with Crippen molar-refractivity contribution in [2.45, 2.75) is 20.0 Å². The highest BCUT2D eigenvalue weighted by Crippen LogP contribution is 2.14. The van der Waals surface area contributed by atoms with Gasteiger partial charge in [-0.15, -0.1) is 0 Å². The van der Waals surface area contributed by atoms with Gasteiger partial charge in [-0.1, -0.05) is 12.1 Å². The summed E-state index contributed by atoms with van der Waals surface area (Å²) in [5, 5.41) is 16.1. The van der Waals surface area contributed by atoms with Gasteiger partial charge in [-0.25, -0.2) is 4.79 Å². The number of non-ortho nitro benzene ring substituents is 1. The zero-order valence-corrected chi connectivity index (χ0v) is 16.6. The molecule has 0 unspecified atom stereocenters. The molecular formula is C20H19N3O5S. The lowest BCUT2D eigenvalue weighted by atomic mass is 10.2. The second-order valence-electron chi connectivity index (χ2n) is 6.16. The average molecular weight is 413 g/mol. The SMILES string of the molecule is CC(C)OC(=O)c1ccc(NC(=S)NC(=O)/C=C/c2cccc([N+](=O)[O-])c2)cc1. The third kappa shape index (κ3) is 7.15. The minimum atomic E-state index is -0.510. The number of ether oxygens (including phenoxy) is 1. The monoisotopic (exact) mass is 413 g/mol. The summed E-state index contributed by atoms with van der Waals surface area (Å²) < 4.78 is 5.11. The van der Waals surface area contributed by atoms with Crippen molar-refractivity contribution in [3.05, 3.63) is 75.8 Å². The fourth-order valence-electron chi connectivity index (χ4n) is 2.20. The average Bonchev–Trinajstić information content (AvgIpc) is 2.66. The van der Waals surface area contributed by atoms with Crippen molar-refractivity contribution >= 4 is 46.7 Å². The normalized spacial score (nSPS) is 10.6. The number of nitro benzene ring substituents is 1. The van der Waals surface area contributed by atoms with E-state index >= 15 is 0 Å². The fraction of sp³-hybridized carbons (Fsp3) is 0.150. The number of nitrogens with one attached hydrogen (secondary N) is 2. The predicted molar refractivity (Wildman–Crippen MR) is 113 cm³/mol. The summed E-state index contributed by atoms with van der Waals surface area (Å²) in [5.74, 6) is -0.917. The van der Waals surface area contributed by atoms with Crippen LogP contribution < -0.4 is 10.6 Å². The highest BCUT2D eigenvalue weighted by atomic mass is 32.1. The molecule has 0 aromatic heterocycles. The number of benzene rings is 2. The predicted octanol–water partition coefficient (Wildman–Crippen LogP) is 3.69. The lowest BCUT2D eigenvalue weighted by Crippen LogP contribution is -2.32. The van der Waals surface area contributed by atoms with Gasteiger partial charge >= 0.3 is 5.97 Å². The van der Waals surface area contributed by atoms with Gasteiger partial charge in [-0.3, -0.25) is 20.2 Å². The molecule has 2 aromatic carbocycles. The number of nitrogens with zero attached hydrogens (tertiary/aromatic N) is 1. The topological polar surface area (TPSA) is 111 Å². The third-order valence-electron chi connectivity index (χ3n) is 3.47. The zero-order chi connectivity index (χ0) is 21.4. The first-order chi connectivity index (χ1) is 13.7. The van der Waals surface area contributed by atoms with Gasteiger partial charge in [0.05, 0.1) is 16.6 Å². The zero-order valence-electron chi connectivity index (χ0n) is 15.7. The molecule has 2 rings (SSSR count). The van der Waals surface area contributed by atoms with Crippen LogP contribution in [0.4, 0.5) is 11.4 Å². The summed E-state index contributed by atoms with van der Waals surface area (Å²) >= 11 is 5.08. The molecule has 0 radical (unpaired) electrons. The van der Waals surface area contributed by atoms with Gasteiger partial charge in [-0.05, 0) is 62.0 Å². The number of thiocarbonyl (C=S) groups is 1. The van der Waals surface area contributed by atoms with Crippen molar-refractivity contribution in [3.8, 4) is 0 Å². The molecule has 0 aliphatic carbocycles. The van der Waals surface area contributed by atoms with E-state index in [1.165, 1.54) is 30.4 Å². The summed E-state index contributed by atoms with van der Waals surface area (Å²) in [6, 6.07) is 12.3. The Kier molecular flexibility index (Phi) is 7.55. The lowest BCUT2D eigenvalue weighted by Gasteiger charge is -2.10. The molecule has 29 heavy (non-hydrogen) atoms. The molecule has 0 aliphatic rings. The molecule has 8 nitrogen and oxygen atoms in total. The number of amides is 1. The first kappa shape index (κ1) is 21.7. The number of carbonyl (C=O) groups is 2. The number of hydrogen-bond acceptors (Lipinski definition) is 6. The van der Waals surface area contributed by atoms with Crippen LogP contribution in [-0.2, 0) is 9.53 Å². The van der Waals surface area contributed by atoms with Crippen LogP contribution in [0, 0.1) is 10.1 Å². The number of nitro groups is 1. The van der Waals surface area contributed by atoms with Crippen LogP contribution in [0.3, 0.4) is 0 Å². The molecule has 1 amide bonds. The molecule has 2 aromatic rings. The Morgan fingerprint density at radius 3 is 2.48 bits per heavy atom. The van der Waals surface area contributed by atoms with Crippen LogP contribution in [-0.4, -0.2) is 28.0 Å². The number of hydrogen-bond donors (Lipinski definition) is 2. The minimum absolute atomic E-state index is 0.0644. The van der Waals surface area contributed by atoms with Gasteiger partial charge < -0.3 is 10.1 Å². The Morgan fingerprint density at radius 1 is 1.17 bits per heavy atom. The Hall–Kier alpha value is -3.59. The van der Waals surface area contributed by atoms with Crippen molar-refractivity contribution < 1.29 is 19.2 Å². The number of carbonyl (C=O) groups excluding carboxylic acids is 2. The van der Waals surface area contributed by atoms with Crippen molar-refractivity contribution in [1.82, 2.24) is 5.32 Å². The quantitative estimate of drug-likeness (QED) is 0.244. The maximum atomic E-state index is 12.0. The summed E-state index contributed by atoms with van der Waals surface area (Å²) in [6.45, 7) is 3.53. The molecule has 0 atom stereocenters. The Balaban J connectivity index is 1.90. The molecule has 0 fully saturated rings. The summed E-state index contributed by atoms with van der Waals surface area (Å²) in [6.07, 6.45) is 2.45. The van der Waals surface area contributed by atoms with E-state index in [0.717, 1.165) is 0 Å². The van der Waals surface area contributed by atoms with Crippen LogP contribution >= 0.6 is 12.2 Å². The van der Waals surface area contributed by atoms with Gasteiger partial charge in [0.15, 0.2) is 5.11 Å². The van der Waals surface area contributed by atoms with Crippen LogP contribution in [0.1, 0.15) is 29.8 Å². The first-order valence-corrected chi connectivity index (χ1v) is 9.01. The van der Waals surface area contributed by atoms with Gasteiger partial charge in [-0.2, -0.15) is 0 Å². The molecule has 150 valence electrons. The summed E-state index contributed by atoms with van der Waals surface area (Å²) in [7, 11) is 0. The summed E-state index contributed by atoms with van der Waals surface area (Å²) in [4.78, 5) is 34.0. The van der Waals surface area contributed by atoms with E-state index in [4.69, 9.17) is 17.0 Å². The van der Waals surface area contributed by atoms with Gasteiger partial charge in [0.1, 0.15) is 0 Å². The van der Waals surface area contributed by atoms with Crippen molar-refractivity contribution in [1.29, 1.82) is 0 Å². The smallest absolute Gasteiger partial charge is 0.338 e. The molecule has 0 bridgehead atoms. The van der Waals surface area contributed by atoms with E-state index in [2.05, 4.69) is 10.6 Å². The van der Waals surface area contributed by atoms with Crippen molar-refractivity contribution in [2.24, 2.45) is 0 Å². The van der Waals surface area contributed by atoms with E-state index in [-0.39, 0.29) is 16.9 Å². The van der Waals surface area contributed by atoms with E-state index in [1.807, 2.05) is 0 Å². The second kappa shape index (κ2) is 10.1.